The van der Waals surface area contributed by atoms with Crippen LogP contribution in [0.1, 0.15) is 63.2 Å². The molecule has 168 valence electrons. The molecular formula is C21H25FN2O6S. The lowest BCUT2D eigenvalue weighted by Gasteiger charge is -2.19. The molecule has 10 heteroatoms. The number of nitrogens with zero attached hydrogens (tertiary/aromatic N) is 1. The van der Waals surface area contributed by atoms with E-state index in [9.17, 15) is 27.2 Å². The van der Waals surface area contributed by atoms with Crippen LogP contribution in [0.2, 0.25) is 0 Å². The molecule has 1 aromatic carbocycles. The fourth-order valence-corrected chi connectivity index (χ4v) is 4.92. The van der Waals surface area contributed by atoms with Crippen molar-refractivity contribution in [2.24, 2.45) is 0 Å². The van der Waals surface area contributed by atoms with Crippen LogP contribution in [0.3, 0.4) is 0 Å². The smallest absolute Gasteiger partial charge is 0.338 e. The average molecular weight is 453 g/mol. The van der Waals surface area contributed by atoms with Gasteiger partial charge < -0.3 is 9.72 Å². The van der Waals surface area contributed by atoms with Crippen LogP contribution in [-0.4, -0.2) is 54.9 Å². The van der Waals surface area contributed by atoms with E-state index in [-0.39, 0.29) is 30.1 Å². The third-order valence-electron chi connectivity index (χ3n) is 4.89. The molecule has 8 nitrogen and oxygen atoms in total. The number of hydrogen-bond acceptors (Lipinski definition) is 6. The number of aromatic amines is 1. The van der Waals surface area contributed by atoms with Crippen LogP contribution in [0.25, 0.3) is 0 Å². The lowest BCUT2D eigenvalue weighted by molar-refractivity contribution is 0.0473. The Hall–Kier alpha value is -2.85. The molecule has 0 bridgehead atoms. The van der Waals surface area contributed by atoms with Gasteiger partial charge in [0.25, 0.3) is 0 Å². The lowest BCUT2D eigenvalue weighted by atomic mass is 10.1. The van der Waals surface area contributed by atoms with Gasteiger partial charge in [-0.2, -0.15) is 4.31 Å². The maximum atomic E-state index is 14.2. The van der Waals surface area contributed by atoms with E-state index in [1.54, 1.807) is 27.7 Å². The summed E-state index contributed by atoms with van der Waals surface area (Å²) < 4.78 is 45.5. The number of ketones is 2. The van der Waals surface area contributed by atoms with E-state index < -0.39 is 39.1 Å². The number of Topliss-reactive ketones (excluding diaryl/α,β-unsaturated/α-hetero) is 2. The largest absolute Gasteiger partial charge is 0.454 e. The third-order valence-corrected chi connectivity index (χ3v) is 6.96. The van der Waals surface area contributed by atoms with Gasteiger partial charge in [-0.3, -0.25) is 9.59 Å². The van der Waals surface area contributed by atoms with Crippen molar-refractivity contribution in [3.8, 4) is 0 Å². The molecule has 31 heavy (non-hydrogen) atoms. The number of halogens is 1. The van der Waals surface area contributed by atoms with Gasteiger partial charge in [0.1, 0.15) is 10.7 Å². The number of sulfonamides is 1. The van der Waals surface area contributed by atoms with Crippen molar-refractivity contribution in [1.82, 2.24) is 9.29 Å². The molecule has 0 saturated heterocycles. The highest BCUT2D eigenvalue weighted by Crippen LogP contribution is 2.22. The standard InChI is InChI=1S/C21H25FN2O6S/c1-6-24(7-2)31(28,29)18-10-15(8-9-16(18)22)21(27)30-11-17(26)20-12(3)19(14(5)25)13(4)23-20/h8-10,23H,6-7,11H2,1-5H3. The van der Waals surface area contributed by atoms with Gasteiger partial charge in [-0.05, 0) is 44.5 Å². The van der Waals surface area contributed by atoms with Crippen molar-refractivity contribution in [2.45, 2.75) is 39.5 Å². The predicted octanol–water partition coefficient (Wildman–Crippen LogP) is 3.04. The van der Waals surface area contributed by atoms with Crippen LogP contribution in [-0.2, 0) is 14.8 Å². The van der Waals surface area contributed by atoms with Crippen molar-refractivity contribution < 1.29 is 31.9 Å². The van der Waals surface area contributed by atoms with Gasteiger partial charge in [0.2, 0.25) is 15.8 Å². The highest BCUT2D eigenvalue weighted by Gasteiger charge is 2.27. The van der Waals surface area contributed by atoms with E-state index in [0.29, 0.717) is 16.8 Å². The lowest BCUT2D eigenvalue weighted by Crippen LogP contribution is -2.31. The average Bonchev–Trinajstić information content (AvgIpc) is 3.01. The van der Waals surface area contributed by atoms with Crippen LogP contribution in [0.4, 0.5) is 4.39 Å². The van der Waals surface area contributed by atoms with E-state index in [0.717, 1.165) is 22.5 Å². The number of hydrogen-bond donors (Lipinski definition) is 1. The summed E-state index contributed by atoms with van der Waals surface area (Å²) in [5.74, 6) is -2.72. The van der Waals surface area contributed by atoms with Gasteiger partial charge >= 0.3 is 5.97 Å². The van der Waals surface area contributed by atoms with Crippen molar-refractivity contribution in [3.63, 3.8) is 0 Å². The molecule has 0 fully saturated rings. The van der Waals surface area contributed by atoms with Crippen molar-refractivity contribution in [3.05, 3.63) is 52.1 Å². The molecule has 0 aliphatic rings. The number of carbonyl (C=O) groups excluding carboxylic acids is 3. The molecule has 0 saturated carbocycles. The normalized spacial score (nSPS) is 11.6. The molecule has 0 atom stereocenters. The number of carbonyl (C=O) groups is 3. The van der Waals surface area contributed by atoms with Gasteiger partial charge in [-0.25, -0.2) is 17.6 Å². The number of aromatic nitrogens is 1. The molecule has 1 N–H and O–H groups in total. The number of rotatable bonds is 9. The summed E-state index contributed by atoms with van der Waals surface area (Å²) in [6.07, 6.45) is 0. The van der Waals surface area contributed by atoms with Crippen molar-refractivity contribution >= 4 is 27.6 Å². The van der Waals surface area contributed by atoms with Crippen LogP contribution < -0.4 is 0 Å². The predicted molar refractivity (Wildman–Crippen MR) is 111 cm³/mol. The molecule has 0 unspecified atom stereocenters. The fourth-order valence-electron chi connectivity index (χ4n) is 3.37. The number of ether oxygens (including phenoxy) is 1. The molecule has 2 rings (SSSR count). The second-order valence-electron chi connectivity index (χ2n) is 6.92. The minimum atomic E-state index is -4.13. The van der Waals surface area contributed by atoms with Gasteiger partial charge in [0, 0.05) is 24.3 Å². The molecular weight excluding hydrogens is 427 g/mol. The molecule has 0 spiro atoms. The molecule has 1 heterocycles. The first-order valence-electron chi connectivity index (χ1n) is 9.65. The summed E-state index contributed by atoms with van der Waals surface area (Å²) in [6.45, 7) is 7.52. The monoisotopic (exact) mass is 452 g/mol. The van der Waals surface area contributed by atoms with E-state index in [1.165, 1.54) is 6.92 Å². The molecule has 2 aromatic rings. The third kappa shape index (κ3) is 4.91. The van der Waals surface area contributed by atoms with Crippen molar-refractivity contribution in [1.29, 1.82) is 0 Å². The maximum Gasteiger partial charge on any atom is 0.338 e. The van der Waals surface area contributed by atoms with E-state index in [2.05, 4.69) is 4.98 Å². The highest BCUT2D eigenvalue weighted by molar-refractivity contribution is 7.89. The Bertz CT molecular complexity index is 1130. The highest BCUT2D eigenvalue weighted by atomic mass is 32.2. The molecule has 0 radical (unpaired) electrons. The second-order valence-corrected chi connectivity index (χ2v) is 8.82. The first kappa shape index (κ1) is 24.4. The second kappa shape index (κ2) is 9.52. The van der Waals surface area contributed by atoms with Crippen LogP contribution in [0.15, 0.2) is 23.1 Å². The summed E-state index contributed by atoms with van der Waals surface area (Å²) in [7, 11) is -4.13. The summed E-state index contributed by atoms with van der Waals surface area (Å²) >= 11 is 0. The zero-order valence-electron chi connectivity index (χ0n) is 18.0. The Morgan fingerprint density at radius 2 is 1.74 bits per heavy atom. The molecule has 0 amide bonds. The Balaban J connectivity index is 2.23. The van der Waals surface area contributed by atoms with Gasteiger partial charge in [-0.15, -0.1) is 0 Å². The topological polar surface area (TPSA) is 114 Å². The van der Waals surface area contributed by atoms with Crippen LogP contribution in [0, 0.1) is 19.7 Å². The molecule has 0 aliphatic carbocycles. The molecule has 0 aliphatic heterocycles. The van der Waals surface area contributed by atoms with Crippen LogP contribution in [0.5, 0.6) is 0 Å². The fraction of sp³-hybridized carbons (Fsp3) is 0.381. The Kier molecular flexibility index (Phi) is 7.50. The zero-order valence-corrected chi connectivity index (χ0v) is 18.9. The first-order chi connectivity index (χ1) is 14.4. The number of benzene rings is 1. The number of esters is 1. The number of aryl methyl sites for hydroxylation is 1. The Labute approximate surface area is 180 Å². The SMILES string of the molecule is CCN(CC)S(=O)(=O)c1cc(C(=O)OCC(=O)c2[nH]c(C)c(C(C)=O)c2C)ccc1F. The minimum Gasteiger partial charge on any atom is -0.454 e. The van der Waals surface area contributed by atoms with E-state index in [4.69, 9.17) is 4.74 Å². The summed E-state index contributed by atoms with van der Waals surface area (Å²) in [5, 5.41) is 0. The number of H-pyrrole nitrogens is 1. The van der Waals surface area contributed by atoms with Crippen LogP contribution >= 0.6 is 0 Å². The van der Waals surface area contributed by atoms with Gasteiger partial charge in [0.15, 0.2) is 12.4 Å². The maximum absolute atomic E-state index is 14.2. The van der Waals surface area contributed by atoms with Gasteiger partial charge in [0.05, 0.1) is 11.3 Å². The zero-order chi connectivity index (χ0) is 23.5. The van der Waals surface area contributed by atoms with Gasteiger partial charge in [-0.1, -0.05) is 13.8 Å². The Morgan fingerprint density at radius 1 is 1.13 bits per heavy atom. The number of nitrogens with one attached hydrogen (secondary N) is 1. The Morgan fingerprint density at radius 3 is 2.26 bits per heavy atom. The quantitative estimate of drug-likeness (QED) is 0.462. The summed E-state index contributed by atoms with van der Waals surface area (Å²) in [4.78, 5) is 38.7. The van der Waals surface area contributed by atoms with E-state index >= 15 is 0 Å². The summed E-state index contributed by atoms with van der Waals surface area (Å²) in [6, 6.07) is 2.85. The first-order valence-corrected chi connectivity index (χ1v) is 11.1. The summed E-state index contributed by atoms with van der Waals surface area (Å²) in [5.41, 5.74) is 1.34. The molecule has 1 aromatic heterocycles. The minimum absolute atomic E-state index is 0.138. The van der Waals surface area contributed by atoms with E-state index in [1.807, 2.05) is 0 Å². The van der Waals surface area contributed by atoms with Crippen molar-refractivity contribution in [2.75, 3.05) is 19.7 Å².